The summed E-state index contributed by atoms with van der Waals surface area (Å²) in [7, 11) is 0. The van der Waals surface area contributed by atoms with Crippen molar-refractivity contribution in [2.75, 3.05) is 24.7 Å². The van der Waals surface area contributed by atoms with E-state index in [1.54, 1.807) is 10.9 Å². The zero-order valence-electron chi connectivity index (χ0n) is 16.4. The summed E-state index contributed by atoms with van der Waals surface area (Å²) in [6.07, 6.45) is 4.56. The number of amides is 1. The minimum absolute atomic E-state index is 0.0173. The molecular formula is C18H20ClN7O3S. The predicted molar refractivity (Wildman–Crippen MR) is 116 cm³/mol. The molecule has 2 heterocycles. The summed E-state index contributed by atoms with van der Waals surface area (Å²) in [6, 6.07) is 3.93. The van der Waals surface area contributed by atoms with E-state index in [0.717, 1.165) is 30.2 Å². The SMILES string of the molecule is CCCNc1nc(SC)nc2c1cnn2CCNC(=O)c1ccc(Cl)c([N+](=O)[O-])c1. The largest absolute Gasteiger partial charge is 0.369 e. The molecule has 0 aliphatic carbocycles. The molecule has 0 radical (unpaired) electrons. The van der Waals surface area contributed by atoms with Crippen LogP contribution in [0.4, 0.5) is 11.5 Å². The number of rotatable bonds is 9. The van der Waals surface area contributed by atoms with Gasteiger partial charge in [0.15, 0.2) is 10.8 Å². The van der Waals surface area contributed by atoms with Crippen molar-refractivity contribution in [1.82, 2.24) is 25.1 Å². The van der Waals surface area contributed by atoms with Crippen LogP contribution in [-0.4, -0.2) is 49.9 Å². The highest BCUT2D eigenvalue weighted by atomic mass is 35.5. The number of nitro groups is 1. The van der Waals surface area contributed by atoms with E-state index in [9.17, 15) is 14.9 Å². The van der Waals surface area contributed by atoms with Gasteiger partial charge in [-0.1, -0.05) is 30.3 Å². The first-order valence-electron chi connectivity index (χ1n) is 9.18. The predicted octanol–water partition coefficient (Wildman–Crippen LogP) is 3.36. The van der Waals surface area contributed by atoms with Crippen molar-refractivity contribution in [1.29, 1.82) is 0 Å². The number of carbonyl (C=O) groups excluding carboxylic acids is 1. The Kier molecular flexibility index (Phi) is 7.06. The van der Waals surface area contributed by atoms with Gasteiger partial charge in [0.1, 0.15) is 10.8 Å². The summed E-state index contributed by atoms with van der Waals surface area (Å²) >= 11 is 7.22. The van der Waals surface area contributed by atoms with Gasteiger partial charge in [-0.15, -0.1) is 0 Å². The molecule has 2 N–H and O–H groups in total. The van der Waals surface area contributed by atoms with Crippen LogP contribution in [-0.2, 0) is 6.54 Å². The highest BCUT2D eigenvalue weighted by molar-refractivity contribution is 7.98. The number of nitrogens with zero attached hydrogens (tertiary/aromatic N) is 5. The lowest BCUT2D eigenvalue weighted by atomic mass is 10.2. The topological polar surface area (TPSA) is 128 Å². The van der Waals surface area contributed by atoms with E-state index in [2.05, 4.69) is 32.6 Å². The molecule has 0 spiro atoms. The molecule has 12 heteroatoms. The molecule has 1 amide bonds. The monoisotopic (exact) mass is 449 g/mol. The second kappa shape index (κ2) is 9.72. The van der Waals surface area contributed by atoms with Crippen molar-refractivity contribution in [2.45, 2.75) is 25.0 Å². The van der Waals surface area contributed by atoms with Crippen molar-refractivity contribution in [3.63, 3.8) is 0 Å². The molecule has 2 aromatic heterocycles. The number of nitro benzene ring substituents is 1. The van der Waals surface area contributed by atoms with Crippen molar-refractivity contribution in [2.24, 2.45) is 0 Å². The average molecular weight is 450 g/mol. The molecule has 0 unspecified atom stereocenters. The minimum atomic E-state index is -0.623. The molecule has 0 atom stereocenters. The molecule has 0 aliphatic rings. The Bertz CT molecular complexity index is 1090. The van der Waals surface area contributed by atoms with E-state index < -0.39 is 10.8 Å². The Balaban J connectivity index is 1.72. The maximum absolute atomic E-state index is 12.4. The first kappa shape index (κ1) is 21.8. The number of benzene rings is 1. The molecule has 30 heavy (non-hydrogen) atoms. The van der Waals surface area contributed by atoms with Gasteiger partial charge in [0, 0.05) is 24.7 Å². The number of hydrogen-bond acceptors (Lipinski definition) is 8. The standard InChI is InChI=1S/C18H20ClN7O3S/c1-3-6-20-15-12-10-22-25(16(12)24-18(23-15)30-2)8-7-21-17(27)11-4-5-13(19)14(9-11)26(28)29/h4-5,9-10H,3,6-8H2,1-2H3,(H,21,27)(H,20,23,24). The number of nitrogens with one attached hydrogen (secondary N) is 2. The van der Waals surface area contributed by atoms with E-state index in [0.29, 0.717) is 17.3 Å². The number of carbonyl (C=O) groups is 1. The molecule has 0 fully saturated rings. The molecule has 0 aliphatic heterocycles. The van der Waals surface area contributed by atoms with E-state index in [-0.39, 0.29) is 22.8 Å². The Morgan fingerprint density at radius 3 is 2.83 bits per heavy atom. The fraction of sp³-hybridized carbons (Fsp3) is 0.333. The lowest BCUT2D eigenvalue weighted by Crippen LogP contribution is -2.27. The molecule has 3 aromatic rings. The summed E-state index contributed by atoms with van der Waals surface area (Å²) < 4.78 is 1.69. The first-order chi connectivity index (χ1) is 14.4. The molecule has 158 valence electrons. The second-order valence-electron chi connectivity index (χ2n) is 6.27. The van der Waals surface area contributed by atoms with Gasteiger partial charge in [-0.25, -0.2) is 14.6 Å². The van der Waals surface area contributed by atoms with Gasteiger partial charge in [0.25, 0.3) is 11.6 Å². The number of halogens is 1. The molecule has 1 aromatic carbocycles. The first-order valence-corrected chi connectivity index (χ1v) is 10.8. The van der Waals surface area contributed by atoms with Gasteiger partial charge in [0.2, 0.25) is 0 Å². The van der Waals surface area contributed by atoms with Crippen LogP contribution in [0.2, 0.25) is 5.02 Å². The van der Waals surface area contributed by atoms with E-state index in [1.807, 2.05) is 6.26 Å². The summed E-state index contributed by atoms with van der Waals surface area (Å²) in [5.74, 6) is 0.297. The van der Waals surface area contributed by atoms with Crippen LogP contribution in [0.5, 0.6) is 0 Å². The van der Waals surface area contributed by atoms with Crippen LogP contribution in [0.3, 0.4) is 0 Å². The summed E-state index contributed by atoms with van der Waals surface area (Å²) in [4.78, 5) is 31.8. The van der Waals surface area contributed by atoms with Gasteiger partial charge >= 0.3 is 0 Å². The number of aromatic nitrogens is 4. The van der Waals surface area contributed by atoms with Gasteiger partial charge < -0.3 is 10.6 Å². The third kappa shape index (κ3) is 4.79. The lowest BCUT2D eigenvalue weighted by Gasteiger charge is -2.09. The quantitative estimate of drug-likeness (QED) is 0.220. The highest BCUT2D eigenvalue weighted by Gasteiger charge is 2.17. The maximum atomic E-state index is 12.4. The highest BCUT2D eigenvalue weighted by Crippen LogP contribution is 2.25. The number of fused-ring (bicyclic) bond motifs is 1. The minimum Gasteiger partial charge on any atom is -0.369 e. The lowest BCUT2D eigenvalue weighted by molar-refractivity contribution is -0.384. The molecule has 10 nitrogen and oxygen atoms in total. The van der Waals surface area contributed by atoms with Crippen LogP contribution < -0.4 is 10.6 Å². The van der Waals surface area contributed by atoms with Crippen LogP contribution >= 0.6 is 23.4 Å². The van der Waals surface area contributed by atoms with Crippen LogP contribution in [0.15, 0.2) is 29.6 Å². The molecule has 0 saturated heterocycles. The number of thioether (sulfide) groups is 1. The van der Waals surface area contributed by atoms with E-state index in [1.165, 1.54) is 23.9 Å². The average Bonchev–Trinajstić information content (AvgIpc) is 3.14. The van der Waals surface area contributed by atoms with E-state index >= 15 is 0 Å². The normalized spacial score (nSPS) is 10.9. The fourth-order valence-electron chi connectivity index (χ4n) is 2.74. The third-order valence-electron chi connectivity index (χ3n) is 4.21. The zero-order chi connectivity index (χ0) is 21.7. The number of hydrogen-bond donors (Lipinski definition) is 2. The van der Waals surface area contributed by atoms with Gasteiger partial charge in [0.05, 0.1) is 23.1 Å². The van der Waals surface area contributed by atoms with Gasteiger partial charge in [-0.2, -0.15) is 5.10 Å². The van der Waals surface area contributed by atoms with Gasteiger partial charge in [-0.05, 0) is 24.8 Å². The smallest absolute Gasteiger partial charge is 0.288 e. The Morgan fingerprint density at radius 2 is 2.13 bits per heavy atom. The second-order valence-corrected chi connectivity index (χ2v) is 7.45. The number of anilines is 1. The van der Waals surface area contributed by atoms with Crippen molar-refractivity contribution in [3.8, 4) is 0 Å². The van der Waals surface area contributed by atoms with E-state index in [4.69, 9.17) is 11.6 Å². The van der Waals surface area contributed by atoms with Crippen LogP contribution in [0, 0.1) is 10.1 Å². The fourth-order valence-corrected chi connectivity index (χ4v) is 3.29. The summed E-state index contributed by atoms with van der Waals surface area (Å²) in [5.41, 5.74) is 0.523. The summed E-state index contributed by atoms with van der Waals surface area (Å²) in [6.45, 7) is 3.50. The molecule has 0 saturated carbocycles. The van der Waals surface area contributed by atoms with Gasteiger partial charge in [-0.3, -0.25) is 14.9 Å². The maximum Gasteiger partial charge on any atom is 0.288 e. The van der Waals surface area contributed by atoms with Crippen molar-refractivity contribution >= 4 is 51.8 Å². The Labute approximate surface area is 181 Å². The Hall–Kier alpha value is -2.92. The zero-order valence-corrected chi connectivity index (χ0v) is 18.0. The molecule has 0 bridgehead atoms. The Morgan fingerprint density at radius 1 is 1.33 bits per heavy atom. The van der Waals surface area contributed by atoms with Crippen LogP contribution in [0.25, 0.3) is 11.0 Å². The van der Waals surface area contributed by atoms with Crippen molar-refractivity contribution in [3.05, 3.63) is 45.1 Å². The van der Waals surface area contributed by atoms with Crippen molar-refractivity contribution < 1.29 is 9.72 Å². The third-order valence-corrected chi connectivity index (χ3v) is 5.08. The summed E-state index contributed by atoms with van der Waals surface area (Å²) in [5, 5.41) is 22.8. The molecule has 3 rings (SSSR count). The van der Waals surface area contributed by atoms with Crippen LogP contribution in [0.1, 0.15) is 23.7 Å². The molecular weight excluding hydrogens is 430 g/mol.